The highest BCUT2D eigenvalue weighted by molar-refractivity contribution is 7.89. The number of alkyl halides is 3. The van der Waals surface area contributed by atoms with Gasteiger partial charge in [-0.15, -0.1) is 0 Å². The maximum absolute atomic E-state index is 15.4. The van der Waals surface area contributed by atoms with Gasteiger partial charge in [-0.05, 0) is 66.4 Å². The number of anilines is 1. The fourth-order valence-electron chi connectivity index (χ4n) is 5.95. The van der Waals surface area contributed by atoms with Gasteiger partial charge in [0.2, 0.25) is 15.9 Å². The predicted molar refractivity (Wildman–Crippen MR) is 178 cm³/mol. The number of nitrogens with zero attached hydrogens (tertiary/aromatic N) is 2. The maximum Gasteiger partial charge on any atom is 0.417 e. The summed E-state index contributed by atoms with van der Waals surface area (Å²) in [5.41, 5.74) is -0.989. The van der Waals surface area contributed by atoms with Crippen molar-refractivity contribution in [2.24, 2.45) is 0 Å². The van der Waals surface area contributed by atoms with E-state index in [1.54, 1.807) is 18.2 Å². The van der Waals surface area contributed by atoms with Crippen molar-refractivity contribution in [3.63, 3.8) is 0 Å². The van der Waals surface area contributed by atoms with Crippen molar-refractivity contribution in [3.8, 4) is 0 Å². The lowest BCUT2D eigenvalue weighted by Gasteiger charge is -2.35. The molecule has 1 aromatic heterocycles. The van der Waals surface area contributed by atoms with E-state index in [2.05, 4.69) is 20.9 Å². The molecule has 4 N–H and O–H groups in total. The molecule has 0 radical (unpaired) electrons. The lowest BCUT2D eigenvalue weighted by molar-refractivity contribution is -0.137. The molecule has 5 rings (SSSR count). The second-order valence-electron chi connectivity index (χ2n) is 11.5. The Morgan fingerprint density at radius 1 is 1.02 bits per heavy atom. The Hall–Kier alpha value is -4.57. The van der Waals surface area contributed by atoms with Crippen LogP contribution in [-0.2, 0) is 27.4 Å². The normalized spacial score (nSPS) is 16.7. The van der Waals surface area contributed by atoms with Crippen molar-refractivity contribution in [2.75, 3.05) is 25.0 Å². The molecule has 3 atom stereocenters. The van der Waals surface area contributed by atoms with Crippen molar-refractivity contribution in [1.82, 2.24) is 19.9 Å². The molecule has 16 heteroatoms. The molecule has 1 fully saturated rings. The van der Waals surface area contributed by atoms with Crippen LogP contribution in [0, 0.1) is 5.82 Å². The Morgan fingerprint density at radius 2 is 1.74 bits per heavy atom. The smallest absolute Gasteiger partial charge is 0.417 e. The van der Waals surface area contributed by atoms with Crippen LogP contribution in [0.15, 0.2) is 96.2 Å². The van der Waals surface area contributed by atoms with Crippen molar-refractivity contribution >= 4 is 39.3 Å². The first kappa shape index (κ1) is 36.7. The number of carbonyl (C=O) groups excluding carboxylic acids is 1. The van der Waals surface area contributed by atoms with Gasteiger partial charge in [-0.2, -0.15) is 17.5 Å². The Balaban J connectivity index is 1.46. The van der Waals surface area contributed by atoms with Crippen molar-refractivity contribution < 1.29 is 40.7 Å². The van der Waals surface area contributed by atoms with Crippen LogP contribution in [0.2, 0.25) is 5.02 Å². The van der Waals surface area contributed by atoms with Gasteiger partial charge in [0.05, 0.1) is 10.5 Å². The summed E-state index contributed by atoms with van der Waals surface area (Å²) in [4.78, 5) is 29.8. The zero-order chi connectivity index (χ0) is 36.1. The second-order valence-corrected chi connectivity index (χ2v) is 13.9. The Morgan fingerprint density at radius 3 is 2.42 bits per heavy atom. The predicted octanol–water partition coefficient (Wildman–Crippen LogP) is 5.90. The number of benzene rings is 3. The van der Waals surface area contributed by atoms with Crippen LogP contribution < -0.4 is 16.0 Å². The minimum Gasteiger partial charge on any atom is -0.465 e. The number of aromatic nitrogens is 1. The molecule has 1 aliphatic heterocycles. The topological polar surface area (TPSA) is 141 Å². The number of sulfonamides is 1. The molecule has 2 heterocycles. The van der Waals surface area contributed by atoms with Gasteiger partial charge in [0.1, 0.15) is 11.9 Å². The fourth-order valence-corrected chi connectivity index (χ4v) is 7.75. The zero-order valence-electron chi connectivity index (χ0n) is 26.2. The SMILES string of the molecule is O=C(O)N[C@H](C(=O)Nc1cccc(F)c1CC[C@H]1CNCCN1S(=O)(=O)c1ccccc1)[C@@H](c1ccc(Cl)cc1)c1cncc(C(F)(F)F)c1. The molecule has 50 heavy (non-hydrogen) atoms. The van der Waals surface area contributed by atoms with Crippen molar-refractivity contribution in [3.05, 3.63) is 124 Å². The molecule has 264 valence electrons. The summed E-state index contributed by atoms with van der Waals surface area (Å²) in [5, 5.41) is 17.9. The first-order chi connectivity index (χ1) is 23.8. The molecular formula is C34H32ClF4N5O5S. The number of piperazine rings is 1. The Labute approximate surface area is 290 Å². The molecule has 4 aromatic rings. The highest BCUT2D eigenvalue weighted by Crippen LogP contribution is 2.35. The standard InChI is InChI=1S/C34H32ClF4N5O5S/c35-24-11-9-21(10-12-24)30(22-17-23(19-41-18-22)34(37,38)39)31(43-33(46)47)32(45)42-29-8-4-7-28(36)27(29)14-13-25-20-40-15-16-44(25)50(48,49)26-5-2-1-3-6-26/h1-12,17-19,25,30-31,40,43H,13-16,20H2,(H,42,45)(H,46,47)/t25-,30-,31-/m0/s1. The van der Waals surface area contributed by atoms with Crippen LogP contribution in [0.3, 0.4) is 0 Å². The van der Waals surface area contributed by atoms with Crippen LogP contribution in [0.1, 0.15) is 34.6 Å². The van der Waals surface area contributed by atoms with E-state index in [1.165, 1.54) is 58.9 Å². The molecule has 0 bridgehead atoms. The summed E-state index contributed by atoms with van der Waals surface area (Å²) in [7, 11) is -3.87. The lowest BCUT2D eigenvalue weighted by atomic mass is 9.84. The third-order valence-corrected chi connectivity index (χ3v) is 10.5. The van der Waals surface area contributed by atoms with Crippen LogP contribution in [-0.4, -0.2) is 66.5 Å². The maximum atomic E-state index is 15.4. The van der Waals surface area contributed by atoms with E-state index < -0.39 is 57.6 Å². The summed E-state index contributed by atoms with van der Waals surface area (Å²) >= 11 is 6.04. The number of hydrogen-bond acceptors (Lipinski definition) is 6. The number of halogens is 5. The van der Waals surface area contributed by atoms with E-state index in [0.717, 1.165) is 12.3 Å². The Kier molecular flexibility index (Phi) is 11.4. The molecule has 0 spiro atoms. The largest absolute Gasteiger partial charge is 0.465 e. The van der Waals surface area contributed by atoms with E-state index in [4.69, 9.17) is 11.6 Å². The van der Waals surface area contributed by atoms with Gasteiger partial charge in [-0.1, -0.05) is 48.0 Å². The van der Waals surface area contributed by atoms with E-state index >= 15 is 4.39 Å². The van der Waals surface area contributed by atoms with Crippen molar-refractivity contribution in [2.45, 2.75) is 41.9 Å². The fraction of sp³-hybridized carbons (Fsp3) is 0.265. The lowest BCUT2D eigenvalue weighted by Crippen LogP contribution is -2.53. The number of pyridine rings is 1. The van der Waals surface area contributed by atoms with E-state index in [-0.39, 0.29) is 51.7 Å². The zero-order valence-corrected chi connectivity index (χ0v) is 27.8. The Bertz CT molecular complexity index is 1930. The monoisotopic (exact) mass is 733 g/mol. The van der Waals surface area contributed by atoms with E-state index in [1.807, 2.05) is 0 Å². The van der Waals surface area contributed by atoms with Gasteiger partial charge in [0.15, 0.2) is 0 Å². The van der Waals surface area contributed by atoms with E-state index in [9.17, 15) is 36.3 Å². The number of rotatable bonds is 11. The van der Waals surface area contributed by atoms with Gasteiger partial charge >= 0.3 is 12.3 Å². The van der Waals surface area contributed by atoms with Gasteiger partial charge in [-0.25, -0.2) is 17.6 Å². The number of amides is 2. The summed E-state index contributed by atoms with van der Waals surface area (Å²) in [6.45, 7) is 0.889. The molecule has 3 aromatic carbocycles. The summed E-state index contributed by atoms with van der Waals surface area (Å²) < 4.78 is 84.8. The minimum atomic E-state index is -4.79. The average Bonchev–Trinajstić information content (AvgIpc) is 3.08. The number of carbonyl (C=O) groups is 2. The first-order valence-corrected chi connectivity index (χ1v) is 17.2. The van der Waals surface area contributed by atoms with Crippen LogP contribution in [0.25, 0.3) is 0 Å². The van der Waals surface area contributed by atoms with Crippen molar-refractivity contribution in [1.29, 1.82) is 0 Å². The summed E-state index contributed by atoms with van der Waals surface area (Å²) in [6, 6.07) is 16.0. The molecule has 1 saturated heterocycles. The minimum absolute atomic E-state index is 0.0227. The average molecular weight is 734 g/mol. The van der Waals surface area contributed by atoms with E-state index in [0.29, 0.717) is 19.3 Å². The molecule has 0 unspecified atom stereocenters. The van der Waals surface area contributed by atoms with Gasteiger partial charge in [0.25, 0.3) is 0 Å². The third-order valence-electron chi connectivity index (χ3n) is 8.32. The molecule has 1 aliphatic rings. The molecular weight excluding hydrogens is 702 g/mol. The highest BCUT2D eigenvalue weighted by Gasteiger charge is 2.37. The van der Waals surface area contributed by atoms with Crippen LogP contribution in [0.5, 0.6) is 0 Å². The molecule has 0 aliphatic carbocycles. The highest BCUT2D eigenvalue weighted by atomic mass is 35.5. The summed E-state index contributed by atoms with van der Waals surface area (Å²) in [6.07, 6.45) is -4.60. The molecule has 2 amide bonds. The molecule has 0 saturated carbocycles. The number of nitrogens with one attached hydrogen (secondary N) is 3. The van der Waals surface area contributed by atoms with Gasteiger partial charge in [0, 0.05) is 60.3 Å². The van der Waals surface area contributed by atoms with Gasteiger partial charge in [-0.3, -0.25) is 9.78 Å². The first-order valence-electron chi connectivity index (χ1n) is 15.4. The quantitative estimate of drug-likeness (QED) is 0.141. The summed E-state index contributed by atoms with van der Waals surface area (Å²) in [5.74, 6) is -3.03. The second kappa shape index (κ2) is 15.5. The molecule has 10 nitrogen and oxygen atoms in total. The van der Waals surface area contributed by atoms with Crippen LogP contribution in [0.4, 0.5) is 28.0 Å². The number of carboxylic acid groups (broad SMARTS) is 1. The third kappa shape index (κ3) is 8.59. The van der Waals surface area contributed by atoms with Crippen LogP contribution >= 0.6 is 11.6 Å². The number of hydrogen-bond donors (Lipinski definition) is 4. The van der Waals surface area contributed by atoms with Gasteiger partial charge < -0.3 is 21.1 Å².